The van der Waals surface area contributed by atoms with Crippen LogP contribution in [0.2, 0.25) is 0 Å². The van der Waals surface area contributed by atoms with E-state index in [1.54, 1.807) is 11.1 Å². The number of imidazole rings is 1. The predicted octanol–water partition coefficient (Wildman–Crippen LogP) is 7.21. The van der Waals surface area contributed by atoms with Crippen molar-refractivity contribution in [3.05, 3.63) is 58.9 Å². The third kappa shape index (κ3) is 2.68. The first-order valence-corrected chi connectivity index (χ1v) is 12.8. The predicted molar refractivity (Wildman–Crippen MR) is 132 cm³/mol. The van der Waals surface area contributed by atoms with Crippen LogP contribution in [0.3, 0.4) is 0 Å². The summed E-state index contributed by atoms with van der Waals surface area (Å²) in [4.78, 5) is 0. The minimum absolute atomic E-state index is 0.0197. The number of nitrogens with zero attached hydrogens (tertiary/aromatic N) is 2. The molecule has 0 spiro atoms. The van der Waals surface area contributed by atoms with Crippen LogP contribution in [-0.4, -0.2) is 4.57 Å². The molecule has 2 aliphatic carbocycles. The minimum Gasteiger partial charge on any atom is -0.319 e. The zero-order valence-corrected chi connectivity index (χ0v) is 20.8. The average Bonchev–Trinajstić information content (AvgIpc) is 3.16. The summed E-state index contributed by atoms with van der Waals surface area (Å²) >= 11 is 0. The molecule has 0 bridgehead atoms. The van der Waals surface area contributed by atoms with Crippen LogP contribution in [0.4, 0.5) is 0 Å². The van der Waals surface area contributed by atoms with Crippen molar-refractivity contribution in [2.24, 2.45) is 0 Å². The molecule has 32 heavy (non-hydrogen) atoms. The zero-order valence-electron chi connectivity index (χ0n) is 20.8. The Bertz CT molecular complexity index is 1230. The van der Waals surface area contributed by atoms with Gasteiger partial charge in [-0.2, -0.15) is 0 Å². The summed E-state index contributed by atoms with van der Waals surface area (Å²) in [5, 5.41) is 0. The van der Waals surface area contributed by atoms with E-state index in [0.29, 0.717) is 6.04 Å². The maximum atomic E-state index is 3.88. The maximum Gasteiger partial charge on any atom is 0.244 e. The number of benzene rings is 2. The molecule has 2 nitrogen and oxygen atoms in total. The molecule has 1 aromatic heterocycles. The van der Waals surface area contributed by atoms with Crippen molar-refractivity contribution in [3.8, 4) is 5.69 Å². The fourth-order valence-corrected chi connectivity index (χ4v) is 6.90. The fourth-order valence-electron chi connectivity index (χ4n) is 6.90. The van der Waals surface area contributed by atoms with Crippen molar-refractivity contribution in [3.63, 3.8) is 0 Å². The second kappa shape index (κ2) is 6.49. The Balaban J connectivity index is 1.67. The van der Waals surface area contributed by atoms with Crippen LogP contribution in [0.15, 0.2) is 30.3 Å². The minimum atomic E-state index is -0.0197. The summed E-state index contributed by atoms with van der Waals surface area (Å²) < 4.78 is 4.93. The third-order valence-electron chi connectivity index (χ3n) is 9.20. The molecule has 0 unspecified atom stereocenters. The van der Waals surface area contributed by atoms with Crippen LogP contribution >= 0.6 is 0 Å². The van der Waals surface area contributed by atoms with Gasteiger partial charge < -0.3 is 9.13 Å². The van der Waals surface area contributed by atoms with E-state index < -0.39 is 0 Å². The smallest absolute Gasteiger partial charge is 0.244 e. The average molecular weight is 427 g/mol. The first-order valence-electron chi connectivity index (χ1n) is 12.8. The standard InChI is InChI=1S/C30H38N2/c1-28(2)15-16-29(3,4)23-18-26-24(17-22(23)28)30(5,6)21-13-10-14-25-27(21)32(26)19-31(25)20-11-8-7-9-12-20/h10,13-14,17-18,20H,7-9,11-12,15-16H2,1-6H3. The molecular weight excluding hydrogens is 388 g/mol. The van der Waals surface area contributed by atoms with Gasteiger partial charge in [-0.1, -0.05) is 78.3 Å². The number of hydrogen-bond donors (Lipinski definition) is 0. The Hall–Kier alpha value is -2.09. The molecule has 1 fully saturated rings. The van der Waals surface area contributed by atoms with Gasteiger partial charge in [-0.3, -0.25) is 0 Å². The van der Waals surface area contributed by atoms with E-state index in [4.69, 9.17) is 0 Å². The summed E-state index contributed by atoms with van der Waals surface area (Å²) in [5.74, 6) is 0. The SMILES string of the molecule is CC1(C)CCC(C)(C)c2cc3c(cc21)-[n+]1[c-]n(C2CCCCC2)c2cccc(c21)C3(C)C. The lowest BCUT2D eigenvalue weighted by Gasteiger charge is -2.45. The van der Waals surface area contributed by atoms with E-state index in [1.165, 1.54) is 72.8 Å². The number of para-hydroxylation sites is 1. The van der Waals surface area contributed by atoms with Gasteiger partial charge in [-0.05, 0) is 71.6 Å². The highest BCUT2D eigenvalue weighted by atomic mass is 15.2. The highest BCUT2D eigenvalue weighted by molar-refractivity contribution is 5.80. The van der Waals surface area contributed by atoms with Crippen molar-refractivity contribution in [2.75, 3.05) is 0 Å². The highest BCUT2D eigenvalue weighted by Crippen LogP contribution is 2.50. The highest BCUT2D eigenvalue weighted by Gasteiger charge is 2.41. The van der Waals surface area contributed by atoms with E-state index in [9.17, 15) is 0 Å². The molecular formula is C30H38N2. The molecule has 3 aromatic rings. The van der Waals surface area contributed by atoms with Crippen LogP contribution in [0, 0.1) is 6.33 Å². The molecule has 0 atom stereocenters. The van der Waals surface area contributed by atoms with Crippen molar-refractivity contribution < 1.29 is 4.57 Å². The van der Waals surface area contributed by atoms with Crippen LogP contribution < -0.4 is 4.57 Å². The van der Waals surface area contributed by atoms with E-state index >= 15 is 0 Å². The van der Waals surface area contributed by atoms with Gasteiger partial charge in [0.1, 0.15) is 0 Å². The van der Waals surface area contributed by atoms with Crippen LogP contribution in [0.5, 0.6) is 0 Å². The van der Waals surface area contributed by atoms with Gasteiger partial charge in [0.25, 0.3) is 0 Å². The van der Waals surface area contributed by atoms with E-state index in [1.807, 2.05) is 0 Å². The molecule has 6 rings (SSSR count). The largest absolute Gasteiger partial charge is 0.319 e. The van der Waals surface area contributed by atoms with Gasteiger partial charge in [-0.25, -0.2) is 0 Å². The molecule has 1 aliphatic heterocycles. The molecule has 1 saturated carbocycles. The van der Waals surface area contributed by atoms with Gasteiger partial charge in [0, 0.05) is 5.41 Å². The molecule has 0 amide bonds. The topological polar surface area (TPSA) is 8.81 Å². The maximum absolute atomic E-state index is 3.88. The Kier molecular flexibility index (Phi) is 4.16. The first kappa shape index (κ1) is 20.5. The van der Waals surface area contributed by atoms with Gasteiger partial charge >= 0.3 is 0 Å². The lowest BCUT2D eigenvalue weighted by Crippen LogP contribution is -2.43. The Morgan fingerprint density at radius 1 is 0.812 bits per heavy atom. The van der Waals surface area contributed by atoms with E-state index in [-0.39, 0.29) is 16.2 Å². The molecule has 2 heterocycles. The third-order valence-corrected chi connectivity index (χ3v) is 9.20. The van der Waals surface area contributed by atoms with E-state index in [0.717, 1.165) is 0 Å². The number of rotatable bonds is 1. The van der Waals surface area contributed by atoms with Crippen LogP contribution in [-0.2, 0) is 16.2 Å². The van der Waals surface area contributed by atoms with Crippen LogP contribution in [0.1, 0.15) is 115 Å². The monoisotopic (exact) mass is 426 g/mol. The van der Waals surface area contributed by atoms with E-state index in [2.05, 4.69) is 87.3 Å². The quantitative estimate of drug-likeness (QED) is 0.287. The molecule has 2 aromatic carbocycles. The molecule has 2 heteroatoms. The Morgan fingerprint density at radius 3 is 2.16 bits per heavy atom. The second-order valence-corrected chi connectivity index (χ2v) is 12.6. The summed E-state index contributed by atoms with van der Waals surface area (Å²) in [5.41, 5.74) is 10.5. The number of fused-ring (bicyclic) bond motifs is 3. The lowest BCUT2D eigenvalue weighted by atomic mass is 9.61. The first-order chi connectivity index (χ1) is 15.1. The van der Waals surface area contributed by atoms with Crippen LogP contribution in [0.25, 0.3) is 16.7 Å². The van der Waals surface area contributed by atoms with Crippen molar-refractivity contribution in [1.29, 1.82) is 0 Å². The molecule has 3 aliphatic rings. The van der Waals surface area contributed by atoms with Crippen molar-refractivity contribution in [1.82, 2.24) is 4.57 Å². The number of hydrogen-bond acceptors (Lipinski definition) is 0. The zero-order chi connectivity index (χ0) is 22.5. The molecule has 0 saturated heterocycles. The fraction of sp³-hybridized carbons (Fsp3) is 0.567. The van der Waals surface area contributed by atoms with Gasteiger partial charge in [0.2, 0.25) is 6.33 Å². The molecule has 168 valence electrons. The summed E-state index contributed by atoms with van der Waals surface area (Å²) in [6, 6.07) is 12.7. The van der Waals surface area contributed by atoms with Crippen molar-refractivity contribution in [2.45, 2.75) is 109 Å². The molecule has 0 radical (unpaired) electrons. The Labute approximate surface area is 193 Å². The summed E-state index contributed by atoms with van der Waals surface area (Å²) in [7, 11) is 0. The molecule has 0 N–H and O–H groups in total. The Morgan fingerprint density at radius 2 is 1.47 bits per heavy atom. The van der Waals surface area contributed by atoms with Crippen molar-refractivity contribution >= 4 is 11.0 Å². The van der Waals surface area contributed by atoms with Gasteiger partial charge in [0.05, 0.1) is 22.8 Å². The summed E-state index contributed by atoms with van der Waals surface area (Å²) in [6.45, 7) is 14.6. The van der Waals surface area contributed by atoms with Gasteiger partial charge in [0.15, 0.2) is 0 Å². The number of aromatic nitrogens is 2. The second-order valence-electron chi connectivity index (χ2n) is 12.6. The van der Waals surface area contributed by atoms with Gasteiger partial charge in [-0.15, -0.1) is 0 Å². The lowest BCUT2D eigenvalue weighted by molar-refractivity contribution is -0.576. The normalized spacial score (nSPS) is 23.1. The summed E-state index contributed by atoms with van der Waals surface area (Å²) in [6.07, 6.45) is 13.0.